The van der Waals surface area contributed by atoms with Crippen LogP contribution in [0.4, 0.5) is 0 Å². The van der Waals surface area contributed by atoms with Crippen molar-refractivity contribution in [2.24, 2.45) is 0 Å². The maximum absolute atomic E-state index is 13.0. The Labute approximate surface area is 172 Å². The predicted octanol–water partition coefficient (Wildman–Crippen LogP) is 2.63. The number of hydrogen-bond donors (Lipinski definition) is 0. The second-order valence-electron chi connectivity index (χ2n) is 6.60. The third-order valence-electron chi connectivity index (χ3n) is 4.71. The summed E-state index contributed by atoms with van der Waals surface area (Å²) in [5.74, 6) is 6.04. The average molecular weight is 413 g/mol. The van der Waals surface area contributed by atoms with Gasteiger partial charge in [-0.3, -0.25) is 4.79 Å². The number of sulfonamides is 1. The monoisotopic (exact) mass is 412 g/mol. The lowest BCUT2D eigenvalue weighted by Gasteiger charge is -2.22. The Hall–Kier alpha value is -2.82. The number of nitrogens with zero attached hydrogens (tertiary/aromatic N) is 2. The Morgan fingerprint density at radius 2 is 1.72 bits per heavy atom. The highest BCUT2D eigenvalue weighted by Gasteiger charge is 2.28. The normalized spacial score (nSPS) is 15.1. The van der Waals surface area contributed by atoms with Gasteiger partial charge in [0.1, 0.15) is 12.4 Å². The third-order valence-corrected chi connectivity index (χ3v) is 6.62. The summed E-state index contributed by atoms with van der Waals surface area (Å²) in [6.07, 6.45) is 0.592. The highest BCUT2D eigenvalue weighted by Crippen LogP contribution is 2.21. The third kappa shape index (κ3) is 5.17. The summed E-state index contributed by atoms with van der Waals surface area (Å²) in [5, 5.41) is 0. The zero-order chi connectivity index (χ0) is 20.7. The van der Waals surface area contributed by atoms with Crippen LogP contribution in [0.3, 0.4) is 0 Å². The van der Waals surface area contributed by atoms with Crippen LogP contribution < -0.4 is 4.74 Å². The summed E-state index contributed by atoms with van der Waals surface area (Å²) in [5.41, 5.74) is 0.618. The maximum Gasteiger partial charge on any atom is 0.253 e. The van der Waals surface area contributed by atoms with Crippen molar-refractivity contribution in [3.63, 3.8) is 0 Å². The molecule has 1 amide bonds. The van der Waals surface area contributed by atoms with Gasteiger partial charge in [-0.25, -0.2) is 8.42 Å². The van der Waals surface area contributed by atoms with Crippen molar-refractivity contribution >= 4 is 15.9 Å². The molecular formula is C22H24N2O4S. The van der Waals surface area contributed by atoms with Crippen LogP contribution in [0.5, 0.6) is 5.75 Å². The van der Waals surface area contributed by atoms with Gasteiger partial charge >= 0.3 is 0 Å². The number of carbonyl (C=O) groups excluding carboxylic acids is 1. The van der Waals surface area contributed by atoms with E-state index in [9.17, 15) is 13.2 Å². The van der Waals surface area contributed by atoms with Crippen molar-refractivity contribution in [1.29, 1.82) is 0 Å². The minimum Gasteiger partial charge on any atom is -0.481 e. The predicted molar refractivity (Wildman–Crippen MR) is 111 cm³/mol. The molecule has 1 heterocycles. The summed E-state index contributed by atoms with van der Waals surface area (Å²) in [6.45, 7) is 3.54. The van der Waals surface area contributed by atoms with Crippen molar-refractivity contribution in [1.82, 2.24) is 9.21 Å². The quantitative estimate of drug-likeness (QED) is 0.708. The van der Waals surface area contributed by atoms with E-state index in [-0.39, 0.29) is 24.0 Å². The molecule has 1 fully saturated rings. The SMILES string of the molecule is CC#CCOc1ccc(S(=O)(=O)N2CCCN(C(=O)c3ccccc3)CC2)cc1. The summed E-state index contributed by atoms with van der Waals surface area (Å²) in [4.78, 5) is 14.6. The van der Waals surface area contributed by atoms with E-state index in [4.69, 9.17) is 4.74 Å². The minimum absolute atomic E-state index is 0.0680. The first-order valence-corrected chi connectivity index (χ1v) is 10.9. The van der Waals surface area contributed by atoms with Gasteiger partial charge in [-0.05, 0) is 49.7 Å². The van der Waals surface area contributed by atoms with Gasteiger partial charge in [0.15, 0.2) is 0 Å². The van der Waals surface area contributed by atoms with E-state index in [1.54, 1.807) is 48.2 Å². The van der Waals surface area contributed by atoms with Gasteiger partial charge in [-0.1, -0.05) is 24.1 Å². The Morgan fingerprint density at radius 3 is 2.41 bits per heavy atom. The van der Waals surface area contributed by atoms with Crippen molar-refractivity contribution in [2.75, 3.05) is 32.8 Å². The average Bonchev–Trinajstić information content (AvgIpc) is 3.01. The summed E-state index contributed by atoms with van der Waals surface area (Å²) >= 11 is 0. The maximum atomic E-state index is 13.0. The minimum atomic E-state index is -3.63. The molecule has 2 aromatic rings. The fraction of sp³-hybridized carbons (Fsp3) is 0.318. The number of benzene rings is 2. The Bertz CT molecular complexity index is 993. The lowest BCUT2D eigenvalue weighted by Crippen LogP contribution is -2.37. The molecule has 0 N–H and O–H groups in total. The molecule has 6 nitrogen and oxygen atoms in total. The van der Waals surface area contributed by atoms with E-state index in [0.717, 1.165) is 0 Å². The molecule has 3 rings (SSSR count). The van der Waals surface area contributed by atoms with E-state index in [1.807, 2.05) is 18.2 Å². The molecule has 0 unspecified atom stereocenters. The van der Waals surface area contributed by atoms with Gasteiger partial charge in [-0.2, -0.15) is 4.31 Å². The van der Waals surface area contributed by atoms with Crippen LogP contribution in [0, 0.1) is 11.8 Å². The summed E-state index contributed by atoms with van der Waals surface area (Å²) in [6, 6.07) is 15.4. The van der Waals surface area contributed by atoms with Crippen LogP contribution in [-0.4, -0.2) is 56.3 Å². The van der Waals surface area contributed by atoms with Gasteiger partial charge in [0, 0.05) is 31.7 Å². The number of amides is 1. The first kappa shape index (κ1) is 20.9. The van der Waals surface area contributed by atoms with Crippen LogP contribution in [0.25, 0.3) is 0 Å². The van der Waals surface area contributed by atoms with Crippen LogP contribution in [0.15, 0.2) is 59.5 Å². The molecule has 0 spiro atoms. The first-order chi connectivity index (χ1) is 14.0. The molecule has 1 aliphatic heterocycles. The Kier molecular flexibility index (Phi) is 6.91. The Morgan fingerprint density at radius 1 is 1.00 bits per heavy atom. The summed E-state index contributed by atoms with van der Waals surface area (Å²) in [7, 11) is -3.63. The number of hydrogen-bond acceptors (Lipinski definition) is 4. The number of rotatable bonds is 5. The fourth-order valence-corrected chi connectivity index (χ4v) is 4.62. The molecular weight excluding hydrogens is 388 g/mol. The highest BCUT2D eigenvalue weighted by atomic mass is 32.2. The van der Waals surface area contributed by atoms with E-state index < -0.39 is 10.0 Å². The van der Waals surface area contributed by atoms with Crippen molar-refractivity contribution in [3.05, 3.63) is 60.2 Å². The molecule has 0 radical (unpaired) electrons. The van der Waals surface area contributed by atoms with E-state index in [2.05, 4.69) is 11.8 Å². The molecule has 0 saturated carbocycles. The van der Waals surface area contributed by atoms with Crippen molar-refractivity contribution in [3.8, 4) is 17.6 Å². The standard InChI is InChI=1S/C22H24N2O4S/c1-2-3-18-28-20-10-12-21(13-11-20)29(26,27)24-15-7-14-23(16-17-24)22(25)19-8-5-4-6-9-19/h4-6,8-13H,7,14-18H2,1H3. The van der Waals surface area contributed by atoms with Crippen LogP contribution >= 0.6 is 0 Å². The van der Waals surface area contributed by atoms with Gasteiger partial charge in [0.25, 0.3) is 5.91 Å². The fourth-order valence-electron chi connectivity index (χ4n) is 3.15. The molecule has 1 saturated heterocycles. The van der Waals surface area contributed by atoms with Gasteiger partial charge in [-0.15, -0.1) is 5.92 Å². The lowest BCUT2D eigenvalue weighted by atomic mass is 10.2. The van der Waals surface area contributed by atoms with Crippen molar-refractivity contribution < 1.29 is 17.9 Å². The topological polar surface area (TPSA) is 66.9 Å². The Balaban J connectivity index is 1.67. The second kappa shape index (κ2) is 9.59. The molecule has 29 heavy (non-hydrogen) atoms. The first-order valence-electron chi connectivity index (χ1n) is 9.49. The number of ether oxygens (including phenoxy) is 1. The lowest BCUT2D eigenvalue weighted by molar-refractivity contribution is 0.0764. The molecule has 2 aromatic carbocycles. The van der Waals surface area contributed by atoms with Gasteiger partial charge in [0.2, 0.25) is 10.0 Å². The molecule has 0 atom stereocenters. The highest BCUT2D eigenvalue weighted by molar-refractivity contribution is 7.89. The van der Waals surface area contributed by atoms with Gasteiger partial charge < -0.3 is 9.64 Å². The zero-order valence-corrected chi connectivity index (χ0v) is 17.2. The number of carbonyl (C=O) groups is 1. The molecule has 0 bridgehead atoms. The van der Waals surface area contributed by atoms with Crippen LogP contribution in [-0.2, 0) is 10.0 Å². The zero-order valence-electron chi connectivity index (χ0n) is 16.4. The van der Waals surface area contributed by atoms with Crippen LogP contribution in [0.2, 0.25) is 0 Å². The molecule has 1 aliphatic rings. The van der Waals surface area contributed by atoms with Crippen LogP contribution in [0.1, 0.15) is 23.7 Å². The van der Waals surface area contributed by atoms with E-state index >= 15 is 0 Å². The smallest absolute Gasteiger partial charge is 0.253 e. The van der Waals surface area contributed by atoms with Crippen molar-refractivity contribution in [2.45, 2.75) is 18.2 Å². The van der Waals surface area contributed by atoms with Gasteiger partial charge in [0.05, 0.1) is 4.90 Å². The largest absolute Gasteiger partial charge is 0.481 e. The molecule has 152 valence electrons. The molecule has 0 aromatic heterocycles. The molecule has 7 heteroatoms. The van der Waals surface area contributed by atoms with E-state index in [0.29, 0.717) is 37.4 Å². The second-order valence-corrected chi connectivity index (χ2v) is 8.54. The summed E-state index contributed by atoms with van der Waals surface area (Å²) < 4.78 is 32.9. The van der Waals surface area contributed by atoms with E-state index in [1.165, 1.54) is 4.31 Å². The molecule has 0 aliphatic carbocycles.